The van der Waals surface area contributed by atoms with Gasteiger partial charge in [-0.1, -0.05) is 6.08 Å². The van der Waals surface area contributed by atoms with Crippen LogP contribution in [0.5, 0.6) is 5.75 Å². The lowest BCUT2D eigenvalue weighted by Crippen LogP contribution is -2.44. The molecule has 0 saturated heterocycles. The highest BCUT2D eigenvalue weighted by Crippen LogP contribution is 2.40. The number of hydrogen-bond acceptors (Lipinski definition) is 2. The van der Waals surface area contributed by atoms with E-state index in [0.717, 1.165) is 12.2 Å². The fourth-order valence-electron chi connectivity index (χ4n) is 2.65. The van der Waals surface area contributed by atoms with Crippen LogP contribution in [0.3, 0.4) is 0 Å². The highest BCUT2D eigenvalue weighted by molar-refractivity contribution is 8.93. The Labute approximate surface area is 114 Å². The number of aromatic hydroxyl groups is 1. The monoisotopic (exact) mass is 297 g/mol. The van der Waals surface area contributed by atoms with Crippen LogP contribution in [0.25, 0.3) is 5.57 Å². The van der Waals surface area contributed by atoms with Crippen molar-refractivity contribution in [2.24, 2.45) is 0 Å². The highest BCUT2D eigenvalue weighted by atomic mass is 79.9. The molecular formula is C14H20BrNO. The van der Waals surface area contributed by atoms with Gasteiger partial charge in [0.05, 0.1) is 5.54 Å². The maximum absolute atomic E-state index is 9.61. The molecule has 0 amide bonds. The molecule has 0 aliphatic carbocycles. The first-order valence-corrected chi connectivity index (χ1v) is 5.76. The van der Waals surface area contributed by atoms with Gasteiger partial charge in [0.1, 0.15) is 5.75 Å². The van der Waals surface area contributed by atoms with Gasteiger partial charge in [-0.15, -0.1) is 17.0 Å². The lowest BCUT2D eigenvalue weighted by atomic mass is 9.89. The summed E-state index contributed by atoms with van der Waals surface area (Å²) in [7, 11) is 0. The van der Waals surface area contributed by atoms with Crippen molar-refractivity contribution in [1.29, 1.82) is 0 Å². The van der Waals surface area contributed by atoms with Crippen LogP contribution < -0.4 is 4.90 Å². The molecule has 17 heavy (non-hydrogen) atoms. The molecule has 0 saturated carbocycles. The number of phenols is 1. The molecule has 0 radical (unpaired) electrons. The molecule has 1 aliphatic rings. The summed E-state index contributed by atoms with van der Waals surface area (Å²) in [5.41, 5.74) is 3.65. The zero-order valence-electron chi connectivity index (χ0n) is 10.8. The van der Waals surface area contributed by atoms with Gasteiger partial charge in [0.15, 0.2) is 0 Å². The van der Waals surface area contributed by atoms with Gasteiger partial charge in [-0.05, 0) is 45.4 Å². The average Bonchev–Trinajstić information content (AvgIpc) is 2.16. The molecule has 1 aromatic carbocycles. The fraction of sp³-hybridized carbons (Fsp3) is 0.429. The molecule has 0 spiro atoms. The van der Waals surface area contributed by atoms with Crippen LogP contribution >= 0.6 is 17.0 Å². The van der Waals surface area contributed by atoms with Gasteiger partial charge in [0.2, 0.25) is 0 Å². The van der Waals surface area contributed by atoms with Crippen LogP contribution in [0.1, 0.15) is 33.3 Å². The molecular weight excluding hydrogens is 278 g/mol. The summed E-state index contributed by atoms with van der Waals surface area (Å²) in [5, 5.41) is 9.61. The van der Waals surface area contributed by atoms with Gasteiger partial charge in [0.25, 0.3) is 0 Å². The van der Waals surface area contributed by atoms with E-state index in [9.17, 15) is 5.11 Å². The molecule has 2 nitrogen and oxygen atoms in total. The van der Waals surface area contributed by atoms with Gasteiger partial charge in [-0.25, -0.2) is 0 Å². The summed E-state index contributed by atoms with van der Waals surface area (Å²) in [6, 6.07) is 5.60. The van der Waals surface area contributed by atoms with Crippen molar-refractivity contribution in [1.82, 2.24) is 0 Å². The van der Waals surface area contributed by atoms with E-state index in [4.69, 9.17) is 0 Å². The number of halogens is 1. The minimum absolute atomic E-state index is 0. The molecule has 0 fully saturated rings. The second-order valence-corrected chi connectivity index (χ2v) is 4.93. The Bertz CT molecular complexity index is 452. The number of benzene rings is 1. The second kappa shape index (κ2) is 4.73. The van der Waals surface area contributed by atoms with Crippen LogP contribution in [0, 0.1) is 0 Å². The van der Waals surface area contributed by atoms with E-state index in [1.807, 2.05) is 12.1 Å². The Kier molecular flexibility index (Phi) is 3.92. The summed E-state index contributed by atoms with van der Waals surface area (Å²) in [5.74, 6) is 0.336. The third-order valence-electron chi connectivity index (χ3n) is 3.28. The Hall–Kier alpha value is -0.960. The Morgan fingerprint density at radius 3 is 2.53 bits per heavy atom. The molecule has 2 rings (SSSR count). The number of rotatable bonds is 1. The molecule has 1 heterocycles. The van der Waals surface area contributed by atoms with Crippen LogP contribution in [0.15, 0.2) is 24.3 Å². The zero-order chi connectivity index (χ0) is 11.9. The van der Waals surface area contributed by atoms with E-state index >= 15 is 0 Å². The van der Waals surface area contributed by atoms with E-state index in [2.05, 4.69) is 38.7 Å². The average molecular weight is 298 g/mol. The largest absolute Gasteiger partial charge is 0.508 e. The summed E-state index contributed by atoms with van der Waals surface area (Å²) in [4.78, 5) is 2.31. The van der Waals surface area contributed by atoms with Crippen LogP contribution in [-0.4, -0.2) is 17.2 Å². The first-order chi connectivity index (χ1) is 7.45. The van der Waals surface area contributed by atoms with Crippen molar-refractivity contribution in [2.75, 3.05) is 11.4 Å². The summed E-state index contributed by atoms with van der Waals surface area (Å²) in [6.45, 7) is 9.61. The number of allylic oxidation sites excluding steroid dienone is 1. The first kappa shape index (κ1) is 14.1. The zero-order valence-corrected chi connectivity index (χ0v) is 12.5. The van der Waals surface area contributed by atoms with Gasteiger partial charge in [-0.3, -0.25) is 0 Å². The van der Waals surface area contributed by atoms with Crippen molar-refractivity contribution in [3.8, 4) is 5.75 Å². The number of nitrogens with zero attached hydrogens (tertiary/aromatic N) is 1. The summed E-state index contributed by atoms with van der Waals surface area (Å²) < 4.78 is 0. The SMILES string of the molecule is Br.CCN1c2cc(O)ccc2C(C)=CC1(C)C. The standard InChI is InChI=1S/C14H19NO.BrH/c1-5-15-13-8-11(16)6-7-12(13)10(2)9-14(15,3)4;/h6-9,16H,5H2,1-4H3;1H. The van der Waals surface area contributed by atoms with Crippen molar-refractivity contribution >= 4 is 28.2 Å². The van der Waals surface area contributed by atoms with Crippen LogP contribution in [0.2, 0.25) is 0 Å². The summed E-state index contributed by atoms with van der Waals surface area (Å²) in [6.07, 6.45) is 2.29. The first-order valence-electron chi connectivity index (χ1n) is 5.76. The number of fused-ring (bicyclic) bond motifs is 1. The van der Waals surface area contributed by atoms with Gasteiger partial charge in [0, 0.05) is 23.9 Å². The maximum Gasteiger partial charge on any atom is 0.117 e. The molecule has 3 heteroatoms. The highest BCUT2D eigenvalue weighted by Gasteiger charge is 2.30. The Morgan fingerprint density at radius 1 is 1.29 bits per heavy atom. The molecule has 1 aliphatic heterocycles. The second-order valence-electron chi connectivity index (χ2n) is 4.93. The minimum Gasteiger partial charge on any atom is -0.508 e. The predicted octanol–water partition coefficient (Wildman–Crippen LogP) is 3.99. The molecule has 94 valence electrons. The number of hydrogen-bond donors (Lipinski definition) is 1. The van der Waals surface area contributed by atoms with Crippen molar-refractivity contribution in [3.05, 3.63) is 29.8 Å². The van der Waals surface area contributed by atoms with E-state index in [0.29, 0.717) is 5.75 Å². The smallest absolute Gasteiger partial charge is 0.117 e. The third kappa shape index (κ3) is 2.34. The number of anilines is 1. The van der Waals surface area contributed by atoms with Gasteiger partial charge < -0.3 is 10.0 Å². The maximum atomic E-state index is 9.61. The van der Waals surface area contributed by atoms with Crippen molar-refractivity contribution in [3.63, 3.8) is 0 Å². The topological polar surface area (TPSA) is 23.5 Å². The third-order valence-corrected chi connectivity index (χ3v) is 3.28. The van der Waals surface area contributed by atoms with E-state index in [-0.39, 0.29) is 22.5 Å². The Balaban J connectivity index is 0.00000144. The van der Waals surface area contributed by atoms with Gasteiger partial charge >= 0.3 is 0 Å². The van der Waals surface area contributed by atoms with Crippen LogP contribution in [-0.2, 0) is 0 Å². The minimum atomic E-state index is 0. The normalized spacial score (nSPS) is 16.9. The molecule has 0 bridgehead atoms. The van der Waals surface area contributed by atoms with Crippen LogP contribution in [0.4, 0.5) is 5.69 Å². The lowest BCUT2D eigenvalue weighted by Gasteiger charge is -2.42. The van der Waals surface area contributed by atoms with E-state index in [1.54, 1.807) is 6.07 Å². The molecule has 0 atom stereocenters. The summed E-state index contributed by atoms with van der Waals surface area (Å²) >= 11 is 0. The molecule has 1 N–H and O–H groups in total. The Morgan fingerprint density at radius 2 is 1.94 bits per heavy atom. The quantitative estimate of drug-likeness (QED) is 0.847. The molecule has 0 aromatic heterocycles. The van der Waals surface area contributed by atoms with E-state index in [1.165, 1.54) is 11.1 Å². The number of phenolic OH excluding ortho intramolecular Hbond substituents is 1. The lowest BCUT2D eigenvalue weighted by molar-refractivity contribution is 0.474. The van der Waals surface area contributed by atoms with E-state index < -0.39 is 0 Å². The number of likely N-dealkylation sites (N-methyl/N-ethyl adjacent to an activating group) is 1. The van der Waals surface area contributed by atoms with Crippen molar-refractivity contribution < 1.29 is 5.11 Å². The van der Waals surface area contributed by atoms with Gasteiger partial charge in [-0.2, -0.15) is 0 Å². The molecule has 1 aromatic rings. The predicted molar refractivity (Wildman–Crippen MR) is 79.2 cm³/mol. The van der Waals surface area contributed by atoms with Crippen molar-refractivity contribution in [2.45, 2.75) is 33.2 Å². The fourth-order valence-corrected chi connectivity index (χ4v) is 2.65. The molecule has 0 unspecified atom stereocenters.